The molecule has 0 unspecified atom stereocenters. The van der Waals surface area contributed by atoms with Gasteiger partial charge in [0.25, 0.3) is 0 Å². The van der Waals surface area contributed by atoms with E-state index in [1.807, 2.05) is 97.9 Å². The van der Waals surface area contributed by atoms with Crippen LogP contribution < -0.4 is 15.7 Å². The molecule has 2 aliphatic heterocycles. The fraction of sp³-hybridized carbons (Fsp3) is 0.588. The van der Waals surface area contributed by atoms with Crippen molar-refractivity contribution >= 4 is 25.2 Å². The molecule has 0 amide bonds. The summed E-state index contributed by atoms with van der Waals surface area (Å²) in [7, 11) is -1.15. The number of rotatable bonds is 12. The van der Waals surface area contributed by atoms with E-state index in [1.165, 1.54) is 32.1 Å². The fourth-order valence-corrected chi connectivity index (χ4v) is 5.25. The minimum atomic E-state index is -0.576. The molecule has 0 spiro atoms. The van der Waals surface area contributed by atoms with E-state index in [9.17, 15) is 0 Å². The van der Waals surface area contributed by atoms with Crippen molar-refractivity contribution in [3.05, 3.63) is 42.5 Å². The van der Waals surface area contributed by atoms with Crippen molar-refractivity contribution in [1.82, 2.24) is 10.2 Å². The summed E-state index contributed by atoms with van der Waals surface area (Å²) in [5, 5.41) is 8.78. The third-order valence-corrected chi connectivity index (χ3v) is 9.57. The van der Waals surface area contributed by atoms with Gasteiger partial charge >= 0.3 is 14.2 Å². The Morgan fingerprint density at radius 2 is 1.05 bits per heavy atom. The van der Waals surface area contributed by atoms with Crippen molar-refractivity contribution in [3.63, 3.8) is 0 Å². The Morgan fingerprint density at radius 1 is 0.591 bits per heavy atom. The van der Waals surface area contributed by atoms with E-state index in [-0.39, 0.29) is 0 Å². The number of nitrogens with zero attached hydrogens (tertiary/aromatic N) is 2. The smallest absolute Gasteiger partial charge is 0.494 e. The first kappa shape index (κ1) is 32.7. The number of ether oxygens (including phenoxy) is 1. The first-order chi connectivity index (χ1) is 20.7. The highest BCUT2D eigenvalue weighted by Gasteiger charge is 2.54. The lowest BCUT2D eigenvalue weighted by atomic mass is 9.71. The maximum absolute atomic E-state index is 6.40. The highest BCUT2D eigenvalue weighted by atomic mass is 16.7. The predicted molar refractivity (Wildman–Crippen MR) is 175 cm³/mol. The van der Waals surface area contributed by atoms with Gasteiger partial charge in [-0.05, 0) is 109 Å². The Kier molecular flexibility index (Phi) is 9.39. The zero-order chi connectivity index (χ0) is 31.8. The maximum Gasteiger partial charge on any atom is 0.494 e. The van der Waals surface area contributed by atoms with Crippen LogP contribution in [0.4, 0.5) is 0 Å². The molecule has 2 saturated heterocycles. The highest BCUT2D eigenvalue weighted by Crippen LogP contribution is 2.38. The van der Waals surface area contributed by atoms with Crippen LogP contribution in [0.2, 0.25) is 0 Å². The third-order valence-electron chi connectivity index (χ3n) is 9.57. The topological polar surface area (TPSA) is 85.1 Å². The minimum Gasteiger partial charge on any atom is -0.494 e. The van der Waals surface area contributed by atoms with Gasteiger partial charge in [0, 0.05) is 11.1 Å². The molecule has 0 saturated carbocycles. The molecular formula is C34H48B2N2O6. The molecule has 0 bridgehead atoms. The van der Waals surface area contributed by atoms with Gasteiger partial charge in [0.05, 0.1) is 29.0 Å². The standard InChI is InChI=1S/C34H48B2N2O6/c1-10-11-12-13-14-15-20-39-28-18-16-24(17-19-28)29-37-38-30(40-29)25-21-26(35-41-31(2,3)32(4,5)42-35)23-27(22-25)36-43-33(6,7)34(8,9)44-36/h16-19,21-23H,10-15,20H2,1-9H3. The number of benzene rings is 2. The van der Waals surface area contributed by atoms with Crippen LogP contribution in [-0.2, 0) is 18.6 Å². The first-order valence-electron chi connectivity index (χ1n) is 16.1. The molecule has 5 rings (SSSR count). The molecule has 0 atom stereocenters. The van der Waals surface area contributed by atoms with Crippen LogP contribution in [0.25, 0.3) is 22.9 Å². The number of unbranched alkanes of at least 4 members (excludes halogenated alkanes) is 5. The molecule has 3 aromatic rings. The lowest BCUT2D eigenvalue weighted by Gasteiger charge is -2.32. The molecule has 2 aliphatic rings. The Labute approximate surface area is 263 Å². The van der Waals surface area contributed by atoms with Crippen LogP contribution in [0.3, 0.4) is 0 Å². The summed E-state index contributed by atoms with van der Waals surface area (Å²) in [6, 6.07) is 13.8. The Morgan fingerprint density at radius 3 is 1.55 bits per heavy atom. The van der Waals surface area contributed by atoms with Crippen LogP contribution in [0.15, 0.2) is 46.9 Å². The summed E-state index contributed by atoms with van der Waals surface area (Å²) in [5.74, 6) is 1.66. The van der Waals surface area contributed by atoms with E-state index < -0.39 is 36.6 Å². The van der Waals surface area contributed by atoms with Crippen molar-refractivity contribution < 1.29 is 27.8 Å². The fourth-order valence-electron chi connectivity index (χ4n) is 5.25. The molecule has 10 heteroatoms. The van der Waals surface area contributed by atoms with Crippen LogP contribution in [0, 0.1) is 0 Å². The molecule has 8 nitrogen and oxygen atoms in total. The van der Waals surface area contributed by atoms with Crippen LogP contribution in [-0.4, -0.2) is 53.4 Å². The summed E-state index contributed by atoms with van der Waals surface area (Å²) >= 11 is 0. The molecule has 2 fully saturated rings. The van der Waals surface area contributed by atoms with Crippen molar-refractivity contribution in [3.8, 4) is 28.7 Å². The Bertz CT molecular complexity index is 1330. The van der Waals surface area contributed by atoms with Gasteiger partial charge in [0.2, 0.25) is 11.8 Å². The van der Waals surface area contributed by atoms with Gasteiger partial charge in [-0.1, -0.05) is 45.1 Å². The predicted octanol–water partition coefficient (Wildman–Crippen LogP) is 6.74. The number of hydrogen-bond donors (Lipinski definition) is 0. The molecule has 3 heterocycles. The first-order valence-corrected chi connectivity index (χ1v) is 16.1. The largest absolute Gasteiger partial charge is 0.494 e. The average molecular weight is 602 g/mol. The zero-order valence-electron chi connectivity index (χ0n) is 28.0. The van der Waals surface area contributed by atoms with E-state index in [0.29, 0.717) is 11.8 Å². The molecule has 2 aromatic carbocycles. The van der Waals surface area contributed by atoms with E-state index in [0.717, 1.165) is 40.8 Å². The van der Waals surface area contributed by atoms with Gasteiger partial charge in [-0.3, -0.25) is 0 Å². The monoisotopic (exact) mass is 602 g/mol. The maximum atomic E-state index is 6.40. The average Bonchev–Trinajstić information content (AvgIpc) is 3.60. The van der Waals surface area contributed by atoms with Gasteiger partial charge < -0.3 is 27.8 Å². The Hall–Kier alpha value is -2.65. The van der Waals surface area contributed by atoms with Crippen LogP contribution >= 0.6 is 0 Å². The number of aromatic nitrogens is 2. The second-order valence-corrected chi connectivity index (χ2v) is 14.1. The number of hydrogen-bond acceptors (Lipinski definition) is 8. The van der Waals surface area contributed by atoms with Crippen molar-refractivity contribution in [2.75, 3.05) is 6.61 Å². The summed E-state index contributed by atoms with van der Waals surface area (Å²) in [6.07, 6.45) is 7.42. The molecule has 0 N–H and O–H groups in total. The quantitative estimate of drug-likeness (QED) is 0.167. The Balaban J connectivity index is 1.36. The second-order valence-electron chi connectivity index (χ2n) is 14.1. The third kappa shape index (κ3) is 6.94. The van der Waals surface area contributed by atoms with Gasteiger partial charge in [-0.15, -0.1) is 10.2 Å². The van der Waals surface area contributed by atoms with Crippen molar-refractivity contribution in [1.29, 1.82) is 0 Å². The molecule has 0 aliphatic carbocycles. The van der Waals surface area contributed by atoms with E-state index in [1.54, 1.807) is 0 Å². The second kappa shape index (κ2) is 12.6. The summed E-state index contributed by atoms with van der Waals surface area (Å²) in [5.41, 5.74) is 1.28. The zero-order valence-corrected chi connectivity index (χ0v) is 28.0. The molecule has 0 radical (unpaired) electrons. The van der Waals surface area contributed by atoms with E-state index in [2.05, 4.69) is 17.1 Å². The molecule has 1 aromatic heterocycles. The van der Waals surface area contributed by atoms with Crippen molar-refractivity contribution in [2.45, 2.75) is 123 Å². The summed E-state index contributed by atoms with van der Waals surface area (Å²) in [4.78, 5) is 0. The SMILES string of the molecule is CCCCCCCCOc1ccc(-c2nnc(-c3cc(B4OC(C)(C)C(C)(C)O4)cc(B4OC(C)(C)C(C)(C)O4)c3)o2)cc1. The van der Waals surface area contributed by atoms with Crippen LogP contribution in [0.1, 0.15) is 101 Å². The normalized spacial score (nSPS) is 19.9. The van der Waals surface area contributed by atoms with Crippen LogP contribution in [0.5, 0.6) is 5.75 Å². The van der Waals surface area contributed by atoms with E-state index in [4.69, 9.17) is 27.8 Å². The molecule has 236 valence electrons. The summed E-state index contributed by atoms with van der Waals surface area (Å²) in [6.45, 7) is 19.3. The molecular weight excluding hydrogens is 554 g/mol. The van der Waals surface area contributed by atoms with Gasteiger partial charge in [-0.25, -0.2) is 0 Å². The van der Waals surface area contributed by atoms with Gasteiger partial charge in [0.15, 0.2) is 0 Å². The minimum absolute atomic E-state index is 0.388. The van der Waals surface area contributed by atoms with Gasteiger partial charge in [0.1, 0.15) is 5.75 Å². The van der Waals surface area contributed by atoms with E-state index >= 15 is 0 Å². The van der Waals surface area contributed by atoms with Crippen molar-refractivity contribution in [2.24, 2.45) is 0 Å². The highest BCUT2D eigenvalue weighted by molar-refractivity contribution is 6.66. The van der Waals surface area contributed by atoms with Gasteiger partial charge in [-0.2, -0.15) is 0 Å². The summed E-state index contributed by atoms with van der Waals surface area (Å²) < 4.78 is 37.8. The molecule has 44 heavy (non-hydrogen) atoms. The lowest BCUT2D eigenvalue weighted by Crippen LogP contribution is -2.41. The lowest BCUT2D eigenvalue weighted by molar-refractivity contribution is 0.00578.